The van der Waals surface area contributed by atoms with Crippen LogP contribution < -0.4 is 16.4 Å². The molecule has 2 heterocycles. The monoisotopic (exact) mass is 344 g/mol. The smallest absolute Gasteiger partial charge is 0.255 e. The number of nitrogens with one attached hydrogen (secondary N) is 2. The third-order valence-electron chi connectivity index (χ3n) is 4.69. The van der Waals surface area contributed by atoms with Crippen molar-refractivity contribution in [3.05, 3.63) is 34.9 Å². The number of imide groups is 1. The molecule has 0 aliphatic carbocycles. The maximum absolute atomic E-state index is 12.6. The molecule has 3 rings (SSSR count). The maximum Gasteiger partial charge on any atom is 0.255 e. The third-order valence-corrected chi connectivity index (χ3v) is 4.69. The van der Waals surface area contributed by atoms with Crippen molar-refractivity contribution in [1.29, 1.82) is 0 Å². The summed E-state index contributed by atoms with van der Waals surface area (Å²) in [7, 11) is 0. The van der Waals surface area contributed by atoms with E-state index < -0.39 is 6.04 Å². The molecule has 0 spiro atoms. The first-order chi connectivity index (χ1) is 12.0. The van der Waals surface area contributed by atoms with Gasteiger partial charge in [-0.05, 0) is 43.5 Å². The molecule has 7 heteroatoms. The Hall–Kier alpha value is -2.25. The van der Waals surface area contributed by atoms with Crippen molar-refractivity contribution in [3.63, 3.8) is 0 Å². The average molecular weight is 344 g/mol. The third kappa shape index (κ3) is 3.88. The summed E-state index contributed by atoms with van der Waals surface area (Å²) in [5.41, 5.74) is 8.40. The van der Waals surface area contributed by atoms with Crippen molar-refractivity contribution < 1.29 is 14.4 Å². The summed E-state index contributed by atoms with van der Waals surface area (Å²) in [5.74, 6) is -0.790. The van der Waals surface area contributed by atoms with E-state index in [1.165, 1.54) is 0 Å². The van der Waals surface area contributed by atoms with Crippen LogP contribution in [-0.4, -0.2) is 41.2 Å². The van der Waals surface area contributed by atoms with Crippen LogP contribution in [0.25, 0.3) is 0 Å². The molecule has 0 radical (unpaired) electrons. The number of amides is 3. The Labute approximate surface area is 146 Å². The van der Waals surface area contributed by atoms with Crippen LogP contribution in [0.1, 0.15) is 47.7 Å². The molecule has 25 heavy (non-hydrogen) atoms. The fourth-order valence-corrected chi connectivity index (χ4v) is 3.30. The van der Waals surface area contributed by atoms with Gasteiger partial charge in [0.2, 0.25) is 11.8 Å². The topological polar surface area (TPSA) is 105 Å². The van der Waals surface area contributed by atoms with Crippen molar-refractivity contribution in [2.24, 2.45) is 5.73 Å². The van der Waals surface area contributed by atoms with Gasteiger partial charge < -0.3 is 16.0 Å². The number of carbonyl (C=O) groups is 3. The molecule has 134 valence electrons. The SMILES string of the molecule is CC(N)CCNCc1ccc2c(c1)CN(C1CCC(=O)NC1=O)C2=O. The van der Waals surface area contributed by atoms with Gasteiger partial charge in [0.05, 0.1) is 0 Å². The molecule has 2 unspecified atom stereocenters. The van der Waals surface area contributed by atoms with Crippen LogP contribution in [0.2, 0.25) is 0 Å². The van der Waals surface area contributed by atoms with Crippen LogP contribution in [0.15, 0.2) is 18.2 Å². The maximum atomic E-state index is 12.6. The Bertz CT molecular complexity index is 702. The average Bonchev–Trinajstić information content (AvgIpc) is 2.88. The minimum atomic E-state index is -0.565. The predicted molar refractivity (Wildman–Crippen MR) is 92.5 cm³/mol. The molecule has 2 aliphatic heterocycles. The number of hydrogen-bond donors (Lipinski definition) is 3. The zero-order valence-electron chi connectivity index (χ0n) is 14.4. The lowest BCUT2D eigenvalue weighted by molar-refractivity contribution is -0.136. The summed E-state index contributed by atoms with van der Waals surface area (Å²) < 4.78 is 0. The molecule has 1 aromatic carbocycles. The van der Waals surface area contributed by atoms with Crippen LogP contribution in [0, 0.1) is 0 Å². The van der Waals surface area contributed by atoms with Gasteiger partial charge in [-0.25, -0.2) is 0 Å². The van der Waals surface area contributed by atoms with Gasteiger partial charge in [-0.3, -0.25) is 19.7 Å². The number of carbonyl (C=O) groups excluding carboxylic acids is 3. The molecule has 0 saturated carbocycles. The Morgan fingerprint density at radius 1 is 1.36 bits per heavy atom. The second kappa shape index (κ2) is 7.33. The van der Waals surface area contributed by atoms with Crippen molar-refractivity contribution in [2.45, 2.75) is 51.4 Å². The normalized spacial score (nSPS) is 21.3. The highest BCUT2D eigenvalue weighted by Crippen LogP contribution is 2.28. The summed E-state index contributed by atoms with van der Waals surface area (Å²) in [6.07, 6.45) is 1.56. The number of nitrogens with zero attached hydrogens (tertiary/aromatic N) is 1. The van der Waals surface area contributed by atoms with E-state index in [9.17, 15) is 14.4 Å². The molecule has 0 bridgehead atoms. The number of rotatable bonds is 6. The molecular formula is C18H24N4O3. The van der Waals surface area contributed by atoms with E-state index in [4.69, 9.17) is 5.73 Å². The molecule has 1 saturated heterocycles. The number of hydrogen-bond acceptors (Lipinski definition) is 5. The summed E-state index contributed by atoms with van der Waals surface area (Å²) in [6.45, 7) is 3.95. The Morgan fingerprint density at radius 2 is 2.16 bits per heavy atom. The first-order valence-electron chi connectivity index (χ1n) is 8.68. The van der Waals surface area contributed by atoms with Crippen LogP contribution in [0.3, 0.4) is 0 Å². The van der Waals surface area contributed by atoms with Gasteiger partial charge in [0.25, 0.3) is 5.91 Å². The molecule has 1 aromatic rings. The molecule has 2 atom stereocenters. The number of fused-ring (bicyclic) bond motifs is 1. The number of piperidine rings is 1. The van der Waals surface area contributed by atoms with Gasteiger partial charge in [0, 0.05) is 31.1 Å². The molecule has 4 N–H and O–H groups in total. The fraction of sp³-hybridized carbons (Fsp3) is 0.500. The van der Waals surface area contributed by atoms with Gasteiger partial charge in [-0.1, -0.05) is 12.1 Å². The van der Waals surface area contributed by atoms with E-state index in [1.807, 2.05) is 25.1 Å². The van der Waals surface area contributed by atoms with E-state index >= 15 is 0 Å². The first-order valence-corrected chi connectivity index (χ1v) is 8.68. The van der Waals surface area contributed by atoms with Gasteiger partial charge in [0.15, 0.2) is 0 Å². The van der Waals surface area contributed by atoms with E-state index in [-0.39, 0.29) is 30.2 Å². The van der Waals surface area contributed by atoms with Gasteiger partial charge >= 0.3 is 0 Å². The van der Waals surface area contributed by atoms with E-state index in [1.54, 1.807) is 4.90 Å². The first kappa shape index (κ1) is 17.6. The van der Waals surface area contributed by atoms with Crippen molar-refractivity contribution in [1.82, 2.24) is 15.5 Å². The quantitative estimate of drug-likeness (QED) is 0.508. The highest BCUT2D eigenvalue weighted by atomic mass is 16.2. The van der Waals surface area contributed by atoms with Crippen LogP contribution >= 0.6 is 0 Å². The van der Waals surface area contributed by atoms with Gasteiger partial charge in [-0.15, -0.1) is 0 Å². The lowest BCUT2D eigenvalue weighted by Crippen LogP contribution is -2.52. The van der Waals surface area contributed by atoms with Crippen LogP contribution in [-0.2, 0) is 22.7 Å². The van der Waals surface area contributed by atoms with Crippen LogP contribution in [0.5, 0.6) is 0 Å². The highest BCUT2D eigenvalue weighted by molar-refractivity contribution is 6.05. The Morgan fingerprint density at radius 3 is 2.88 bits per heavy atom. The lowest BCUT2D eigenvalue weighted by atomic mass is 10.0. The lowest BCUT2D eigenvalue weighted by Gasteiger charge is -2.29. The van der Waals surface area contributed by atoms with E-state index in [2.05, 4.69) is 10.6 Å². The summed E-state index contributed by atoms with van der Waals surface area (Å²) in [6, 6.07) is 5.38. The summed E-state index contributed by atoms with van der Waals surface area (Å²) in [5, 5.41) is 5.66. The van der Waals surface area contributed by atoms with Gasteiger partial charge in [0.1, 0.15) is 6.04 Å². The van der Waals surface area contributed by atoms with Crippen LogP contribution in [0.4, 0.5) is 0 Å². The fourth-order valence-electron chi connectivity index (χ4n) is 3.30. The molecule has 2 aliphatic rings. The molecule has 7 nitrogen and oxygen atoms in total. The van der Waals surface area contributed by atoms with Crippen molar-refractivity contribution in [2.75, 3.05) is 6.54 Å². The zero-order chi connectivity index (χ0) is 18.0. The molecule has 3 amide bonds. The van der Waals surface area contributed by atoms with Crippen molar-refractivity contribution in [3.8, 4) is 0 Å². The standard InChI is InChI=1S/C18H24N4O3/c1-11(19)6-7-20-9-12-2-3-14-13(8-12)10-22(18(14)25)15-4-5-16(23)21-17(15)24/h2-3,8,11,15,20H,4-7,9-10,19H2,1H3,(H,21,23,24). The number of nitrogens with two attached hydrogens (primary N) is 1. The van der Waals surface area contributed by atoms with Crippen molar-refractivity contribution >= 4 is 17.7 Å². The molecule has 0 aromatic heterocycles. The largest absolute Gasteiger partial charge is 0.328 e. The highest BCUT2D eigenvalue weighted by Gasteiger charge is 2.38. The van der Waals surface area contributed by atoms with E-state index in [0.29, 0.717) is 25.1 Å². The van der Waals surface area contributed by atoms with E-state index in [0.717, 1.165) is 24.1 Å². The number of benzene rings is 1. The summed E-state index contributed by atoms with van der Waals surface area (Å²) in [4.78, 5) is 37.5. The minimum absolute atomic E-state index is 0.138. The zero-order valence-corrected chi connectivity index (χ0v) is 14.4. The second-order valence-electron chi connectivity index (χ2n) is 6.83. The molecule has 1 fully saturated rings. The Kier molecular flexibility index (Phi) is 5.15. The molecular weight excluding hydrogens is 320 g/mol. The van der Waals surface area contributed by atoms with Gasteiger partial charge in [-0.2, -0.15) is 0 Å². The minimum Gasteiger partial charge on any atom is -0.328 e. The second-order valence-corrected chi connectivity index (χ2v) is 6.83. The Balaban J connectivity index is 1.65. The summed E-state index contributed by atoms with van der Waals surface area (Å²) >= 11 is 0. The predicted octanol–water partition coefficient (Wildman–Crippen LogP) is 0.275.